The van der Waals surface area contributed by atoms with E-state index in [0.717, 1.165) is 36.6 Å². The standard InChI is InChI=1S/C30H48ClNO4S/c1-6-7-8-9-10-11-12-13-14-15-16-17-18-19-28(34)37-22-27(33)32(25(4)30(35)36-5)29-23(2)20-21-26(31)24(29)3/h20-21,25H,6-19,22H2,1-5H3. The molecule has 37 heavy (non-hydrogen) atoms. The molecule has 0 saturated carbocycles. The van der Waals surface area contributed by atoms with Crippen LogP contribution in [0.3, 0.4) is 0 Å². The molecule has 0 fully saturated rings. The minimum absolute atomic E-state index is 0.0154. The number of thioether (sulfide) groups is 1. The lowest BCUT2D eigenvalue weighted by Crippen LogP contribution is -2.45. The zero-order chi connectivity index (χ0) is 27.6. The van der Waals surface area contributed by atoms with Crippen molar-refractivity contribution < 1.29 is 19.1 Å². The van der Waals surface area contributed by atoms with E-state index in [-0.39, 0.29) is 16.8 Å². The Bertz CT molecular complexity index is 845. The highest BCUT2D eigenvalue weighted by atomic mass is 35.5. The van der Waals surface area contributed by atoms with Gasteiger partial charge in [0.2, 0.25) is 5.91 Å². The van der Waals surface area contributed by atoms with Crippen LogP contribution in [0.1, 0.15) is 115 Å². The average molecular weight is 554 g/mol. The fraction of sp³-hybridized carbons (Fsp3) is 0.700. The molecule has 1 aromatic carbocycles. The fourth-order valence-electron chi connectivity index (χ4n) is 4.56. The Kier molecular flexibility index (Phi) is 17.7. The minimum atomic E-state index is -0.829. The van der Waals surface area contributed by atoms with Gasteiger partial charge in [-0.05, 0) is 44.4 Å². The number of esters is 1. The Morgan fingerprint density at radius 3 is 1.92 bits per heavy atom. The van der Waals surface area contributed by atoms with Crippen LogP contribution in [0.4, 0.5) is 5.69 Å². The Morgan fingerprint density at radius 1 is 0.892 bits per heavy atom. The summed E-state index contributed by atoms with van der Waals surface area (Å²) in [5, 5.41) is 0.531. The number of hydrogen-bond donors (Lipinski definition) is 0. The molecular weight excluding hydrogens is 506 g/mol. The summed E-state index contributed by atoms with van der Waals surface area (Å²) in [6.07, 6.45) is 16.9. The van der Waals surface area contributed by atoms with Gasteiger partial charge in [0.25, 0.3) is 0 Å². The number of nitrogens with zero attached hydrogens (tertiary/aromatic N) is 1. The Hall–Kier alpha value is -1.53. The summed E-state index contributed by atoms with van der Waals surface area (Å²) in [6.45, 7) is 7.57. The first-order chi connectivity index (χ1) is 17.7. The van der Waals surface area contributed by atoms with Crippen LogP contribution in [0, 0.1) is 13.8 Å². The van der Waals surface area contributed by atoms with Gasteiger partial charge in [-0.15, -0.1) is 0 Å². The molecule has 0 aliphatic heterocycles. The molecule has 0 heterocycles. The van der Waals surface area contributed by atoms with Crippen molar-refractivity contribution in [2.75, 3.05) is 17.8 Å². The van der Waals surface area contributed by atoms with Gasteiger partial charge in [-0.1, -0.05) is 113 Å². The molecule has 1 amide bonds. The summed E-state index contributed by atoms with van der Waals surface area (Å²) in [7, 11) is 1.30. The van der Waals surface area contributed by atoms with E-state index in [1.54, 1.807) is 13.0 Å². The molecule has 0 aromatic heterocycles. The molecular formula is C30H48ClNO4S. The Morgan fingerprint density at radius 2 is 1.41 bits per heavy atom. The van der Waals surface area contributed by atoms with Gasteiger partial charge in [-0.2, -0.15) is 0 Å². The first-order valence-corrected chi connectivity index (χ1v) is 15.4. The third-order valence-corrected chi connectivity index (χ3v) is 8.17. The van der Waals surface area contributed by atoms with E-state index < -0.39 is 12.0 Å². The highest BCUT2D eigenvalue weighted by Gasteiger charge is 2.31. The maximum absolute atomic E-state index is 13.2. The number of carbonyl (C=O) groups is 3. The lowest BCUT2D eigenvalue weighted by atomic mass is 10.0. The van der Waals surface area contributed by atoms with Crippen molar-refractivity contribution in [2.24, 2.45) is 0 Å². The molecule has 0 bridgehead atoms. The number of rotatable bonds is 19. The zero-order valence-electron chi connectivity index (χ0n) is 23.7. The topological polar surface area (TPSA) is 63.7 Å². The summed E-state index contributed by atoms with van der Waals surface area (Å²) in [6, 6.07) is 2.77. The van der Waals surface area contributed by atoms with Crippen LogP contribution in [0.2, 0.25) is 5.02 Å². The molecule has 1 aromatic rings. The van der Waals surface area contributed by atoms with Crippen molar-refractivity contribution in [2.45, 2.75) is 124 Å². The second kappa shape index (κ2) is 19.5. The van der Waals surface area contributed by atoms with Crippen molar-refractivity contribution in [3.8, 4) is 0 Å². The second-order valence-electron chi connectivity index (χ2n) is 9.95. The zero-order valence-corrected chi connectivity index (χ0v) is 25.3. The summed E-state index contributed by atoms with van der Waals surface area (Å²) in [5.74, 6) is -0.852. The first kappa shape index (κ1) is 33.5. The molecule has 0 spiro atoms. The van der Waals surface area contributed by atoms with Crippen LogP contribution in [0.15, 0.2) is 12.1 Å². The van der Waals surface area contributed by atoms with Crippen LogP contribution < -0.4 is 4.90 Å². The van der Waals surface area contributed by atoms with E-state index in [9.17, 15) is 14.4 Å². The maximum atomic E-state index is 13.2. The van der Waals surface area contributed by atoms with Gasteiger partial charge in [-0.25, -0.2) is 4.79 Å². The quantitative estimate of drug-likeness (QED) is 0.127. The van der Waals surface area contributed by atoms with Crippen molar-refractivity contribution >= 4 is 46.0 Å². The van der Waals surface area contributed by atoms with Gasteiger partial charge in [0.1, 0.15) is 6.04 Å². The number of unbranched alkanes of at least 4 members (excludes halogenated alkanes) is 12. The highest BCUT2D eigenvalue weighted by Crippen LogP contribution is 2.32. The molecule has 210 valence electrons. The van der Waals surface area contributed by atoms with Crippen LogP contribution in [-0.4, -0.2) is 35.9 Å². The summed E-state index contributed by atoms with van der Waals surface area (Å²) < 4.78 is 4.89. The van der Waals surface area contributed by atoms with Gasteiger partial charge in [0.05, 0.1) is 18.6 Å². The van der Waals surface area contributed by atoms with Crippen molar-refractivity contribution in [3.05, 3.63) is 28.3 Å². The number of methoxy groups -OCH3 is 1. The predicted octanol–water partition coefficient (Wildman–Crippen LogP) is 8.59. The van der Waals surface area contributed by atoms with E-state index >= 15 is 0 Å². The number of benzene rings is 1. The number of carbonyl (C=O) groups excluding carboxylic acids is 3. The fourth-order valence-corrected chi connectivity index (χ4v) is 5.43. The van der Waals surface area contributed by atoms with Gasteiger partial charge < -0.3 is 4.74 Å². The number of aryl methyl sites for hydroxylation is 1. The normalized spacial score (nSPS) is 11.8. The van der Waals surface area contributed by atoms with E-state index in [1.165, 1.54) is 76.2 Å². The SMILES string of the molecule is CCCCCCCCCCCCCCCC(=O)SCC(=O)N(c1c(C)ccc(Cl)c1C)C(C)C(=O)OC. The smallest absolute Gasteiger partial charge is 0.328 e. The maximum Gasteiger partial charge on any atom is 0.328 e. The highest BCUT2D eigenvalue weighted by molar-refractivity contribution is 8.14. The molecule has 1 rings (SSSR count). The number of halogens is 1. The lowest BCUT2D eigenvalue weighted by molar-refractivity contribution is -0.142. The van der Waals surface area contributed by atoms with Gasteiger partial charge in [0.15, 0.2) is 5.12 Å². The molecule has 1 atom stereocenters. The minimum Gasteiger partial charge on any atom is -0.467 e. The number of ether oxygens (including phenoxy) is 1. The summed E-state index contributed by atoms with van der Waals surface area (Å²) >= 11 is 7.34. The lowest BCUT2D eigenvalue weighted by Gasteiger charge is -2.30. The number of amides is 1. The molecule has 0 saturated heterocycles. The largest absolute Gasteiger partial charge is 0.467 e. The van der Waals surface area contributed by atoms with Crippen molar-refractivity contribution in [1.29, 1.82) is 0 Å². The van der Waals surface area contributed by atoms with E-state index in [2.05, 4.69) is 6.92 Å². The molecule has 0 aliphatic rings. The van der Waals surface area contributed by atoms with Crippen LogP contribution in [0.5, 0.6) is 0 Å². The van der Waals surface area contributed by atoms with E-state index in [0.29, 0.717) is 22.7 Å². The molecule has 0 N–H and O–H groups in total. The molecule has 0 radical (unpaired) electrons. The molecule has 0 aliphatic carbocycles. The Labute approximate surface area is 234 Å². The summed E-state index contributed by atoms with van der Waals surface area (Å²) in [4.78, 5) is 39.4. The van der Waals surface area contributed by atoms with Gasteiger partial charge in [0, 0.05) is 11.4 Å². The van der Waals surface area contributed by atoms with Crippen LogP contribution in [0.25, 0.3) is 0 Å². The van der Waals surface area contributed by atoms with Crippen LogP contribution >= 0.6 is 23.4 Å². The predicted molar refractivity (Wildman–Crippen MR) is 158 cm³/mol. The van der Waals surface area contributed by atoms with Gasteiger partial charge in [-0.3, -0.25) is 14.5 Å². The van der Waals surface area contributed by atoms with E-state index in [4.69, 9.17) is 16.3 Å². The van der Waals surface area contributed by atoms with Gasteiger partial charge >= 0.3 is 5.97 Å². The molecule has 1 unspecified atom stereocenters. The molecule has 7 heteroatoms. The van der Waals surface area contributed by atoms with Crippen molar-refractivity contribution in [3.63, 3.8) is 0 Å². The average Bonchev–Trinajstić information content (AvgIpc) is 2.89. The monoisotopic (exact) mass is 553 g/mol. The second-order valence-corrected chi connectivity index (χ2v) is 11.4. The number of anilines is 1. The first-order valence-electron chi connectivity index (χ1n) is 14.1. The van der Waals surface area contributed by atoms with E-state index in [1.807, 2.05) is 19.9 Å². The summed E-state index contributed by atoms with van der Waals surface area (Å²) in [5.41, 5.74) is 2.14. The Balaban J connectivity index is 2.39. The van der Waals surface area contributed by atoms with Crippen LogP contribution in [-0.2, 0) is 19.1 Å². The molecule has 5 nitrogen and oxygen atoms in total. The van der Waals surface area contributed by atoms with Crippen molar-refractivity contribution in [1.82, 2.24) is 0 Å². The third kappa shape index (κ3) is 12.7. The third-order valence-electron chi connectivity index (χ3n) is 6.85. The number of hydrogen-bond acceptors (Lipinski definition) is 5.